The highest BCUT2D eigenvalue weighted by Gasteiger charge is 2.69. The lowest BCUT2D eigenvalue weighted by Gasteiger charge is -2.29. The van der Waals surface area contributed by atoms with Gasteiger partial charge in [-0.1, -0.05) is 6.07 Å². The quantitative estimate of drug-likeness (QED) is 0.566. The summed E-state index contributed by atoms with van der Waals surface area (Å²) in [7, 11) is 2.92. The van der Waals surface area contributed by atoms with E-state index < -0.39 is 48.4 Å². The van der Waals surface area contributed by atoms with Crippen LogP contribution in [0.5, 0.6) is 11.5 Å². The molecule has 2 aliphatic rings. The van der Waals surface area contributed by atoms with Crippen LogP contribution in [0, 0.1) is 0 Å². The van der Waals surface area contributed by atoms with E-state index in [4.69, 9.17) is 24.1 Å². The molecule has 0 bridgehead atoms. The number of carbonyl (C=O) groups is 2. The third-order valence-corrected chi connectivity index (χ3v) is 4.86. The summed E-state index contributed by atoms with van der Waals surface area (Å²) < 4.78 is 20.7. The first-order valence-electron chi connectivity index (χ1n) is 8.00. The zero-order chi connectivity index (χ0) is 19.1. The van der Waals surface area contributed by atoms with Gasteiger partial charge in [-0.2, -0.15) is 0 Å². The number of ether oxygens (including phenoxy) is 4. The van der Waals surface area contributed by atoms with Crippen molar-refractivity contribution in [2.45, 2.75) is 36.3 Å². The molecule has 0 aromatic heterocycles. The zero-order valence-corrected chi connectivity index (χ0v) is 14.2. The van der Waals surface area contributed by atoms with Gasteiger partial charge in [0, 0.05) is 5.92 Å². The van der Waals surface area contributed by atoms with Gasteiger partial charge in [0.25, 0.3) is 0 Å². The number of carbonyl (C=O) groups excluding carboxylic acids is 2. The summed E-state index contributed by atoms with van der Waals surface area (Å²) in [6.45, 7) is -0.722. The van der Waals surface area contributed by atoms with Crippen LogP contribution in [0.3, 0.4) is 0 Å². The van der Waals surface area contributed by atoms with Crippen LogP contribution in [0.1, 0.15) is 17.9 Å². The number of hydrogen-bond donors (Lipinski definition) is 3. The Morgan fingerprint density at radius 2 is 1.96 bits per heavy atom. The molecule has 9 heteroatoms. The molecule has 2 saturated heterocycles. The topological polar surface area (TPSA) is 132 Å². The minimum absolute atomic E-state index is 0.163. The molecule has 3 N–H and O–H groups in total. The zero-order valence-electron chi connectivity index (χ0n) is 14.2. The maximum atomic E-state index is 12.5. The van der Waals surface area contributed by atoms with Crippen LogP contribution in [-0.4, -0.2) is 72.0 Å². The standard InChI is InChI=1S/C17H20O9/c1-23-11-4-3-8(5-12(11)24-2)9-6-13(20)26-17(9)15(21)14(10(19)7-18)25-16(17)22/h3-5,9-10,14-15,18-19,21H,6-7H2,1-2H3/t9-,10?,14+,15+,17+/m0/s1. The van der Waals surface area contributed by atoms with E-state index in [9.17, 15) is 19.8 Å². The summed E-state index contributed by atoms with van der Waals surface area (Å²) in [5.41, 5.74) is -1.49. The molecule has 1 spiro atoms. The fourth-order valence-corrected chi connectivity index (χ4v) is 3.54. The lowest BCUT2D eigenvalue weighted by atomic mass is 9.77. The summed E-state index contributed by atoms with van der Waals surface area (Å²) in [5, 5.41) is 29.5. The van der Waals surface area contributed by atoms with Gasteiger partial charge < -0.3 is 34.3 Å². The summed E-state index contributed by atoms with van der Waals surface area (Å²) >= 11 is 0. The van der Waals surface area contributed by atoms with E-state index in [0.717, 1.165) is 0 Å². The van der Waals surface area contributed by atoms with Gasteiger partial charge in [0.1, 0.15) is 12.2 Å². The van der Waals surface area contributed by atoms with E-state index in [1.165, 1.54) is 14.2 Å². The Morgan fingerprint density at radius 3 is 2.58 bits per heavy atom. The van der Waals surface area contributed by atoms with Crippen molar-refractivity contribution in [2.75, 3.05) is 20.8 Å². The third-order valence-electron chi connectivity index (χ3n) is 4.86. The largest absolute Gasteiger partial charge is 0.493 e. The minimum Gasteiger partial charge on any atom is -0.493 e. The molecule has 1 aromatic rings. The predicted octanol–water partition coefficient (Wildman–Crippen LogP) is -0.887. The Hall–Kier alpha value is -2.36. The molecule has 0 aliphatic carbocycles. The van der Waals surface area contributed by atoms with Crippen molar-refractivity contribution in [3.05, 3.63) is 23.8 Å². The molecular weight excluding hydrogens is 348 g/mol. The van der Waals surface area contributed by atoms with Crippen LogP contribution in [-0.2, 0) is 19.1 Å². The van der Waals surface area contributed by atoms with E-state index in [-0.39, 0.29) is 6.42 Å². The molecule has 2 fully saturated rings. The summed E-state index contributed by atoms with van der Waals surface area (Å²) in [4.78, 5) is 24.5. The Kier molecular flexibility index (Phi) is 4.78. The van der Waals surface area contributed by atoms with Crippen LogP contribution in [0.15, 0.2) is 18.2 Å². The molecule has 1 aromatic carbocycles. The number of methoxy groups -OCH3 is 2. The fourth-order valence-electron chi connectivity index (χ4n) is 3.54. The van der Waals surface area contributed by atoms with Crippen molar-refractivity contribution in [2.24, 2.45) is 0 Å². The second kappa shape index (κ2) is 6.75. The SMILES string of the molecule is COc1ccc([C@@H]2CC(=O)O[C@]23C(=O)O[C@H](C(O)CO)[C@H]3O)cc1OC. The fraction of sp³-hybridized carbons (Fsp3) is 0.529. The molecule has 0 amide bonds. The molecule has 0 saturated carbocycles. The highest BCUT2D eigenvalue weighted by molar-refractivity contribution is 5.92. The van der Waals surface area contributed by atoms with Gasteiger partial charge in [-0.25, -0.2) is 4.79 Å². The second-order valence-corrected chi connectivity index (χ2v) is 6.20. The maximum absolute atomic E-state index is 12.5. The molecule has 26 heavy (non-hydrogen) atoms. The number of aliphatic hydroxyl groups excluding tert-OH is 3. The average molecular weight is 368 g/mol. The number of benzene rings is 1. The maximum Gasteiger partial charge on any atom is 0.354 e. The highest BCUT2D eigenvalue weighted by atomic mass is 16.6. The summed E-state index contributed by atoms with van der Waals surface area (Å²) in [5.74, 6) is -1.66. The number of cyclic esters (lactones) is 1. The first-order chi connectivity index (χ1) is 12.4. The van der Waals surface area contributed by atoms with Gasteiger partial charge in [-0.05, 0) is 17.7 Å². The van der Waals surface area contributed by atoms with Gasteiger partial charge in [-0.3, -0.25) is 4.79 Å². The van der Waals surface area contributed by atoms with E-state index in [2.05, 4.69) is 0 Å². The van der Waals surface area contributed by atoms with Crippen LogP contribution in [0.25, 0.3) is 0 Å². The van der Waals surface area contributed by atoms with E-state index in [1.54, 1.807) is 18.2 Å². The number of rotatable bonds is 5. The van der Waals surface area contributed by atoms with Crippen LogP contribution < -0.4 is 9.47 Å². The van der Waals surface area contributed by atoms with Gasteiger partial charge in [-0.15, -0.1) is 0 Å². The molecule has 3 rings (SSSR count). The van der Waals surface area contributed by atoms with E-state index in [1.807, 2.05) is 0 Å². The van der Waals surface area contributed by atoms with Crippen LogP contribution in [0.2, 0.25) is 0 Å². The molecule has 142 valence electrons. The molecule has 5 atom stereocenters. The summed E-state index contributed by atoms with van der Waals surface area (Å²) in [6, 6.07) is 4.83. The Labute approximate surface area is 149 Å². The van der Waals surface area contributed by atoms with Gasteiger partial charge >= 0.3 is 11.9 Å². The van der Waals surface area contributed by atoms with Gasteiger partial charge in [0.2, 0.25) is 5.60 Å². The van der Waals surface area contributed by atoms with Crippen LogP contribution >= 0.6 is 0 Å². The number of aliphatic hydroxyl groups is 3. The molecular formula is C17H20O9. The van der Waals surface area contributed by atoms with Gasteiger partial charge in [0.05, 0.1) is 27.2 Å². The first kappa shape index (κ1) is 18.4. The lowest BCUT2D eigenvalue weighted by Crippen LogP contribution is -2.52. The predicted molar refractivity (Wildman–Crippen MR) is 84.7 cm³/mol. The number of esters is 2. The van der Waals surface area contributed by atoms with Crippen molar-refractivity contribution in [3.8, 4) is 11.5 Å². The molecule has 2 heterocycles. The molecule has 9 nitrogen and oxygen atoms in total. The Bertz CT molecular complexity index is 718. The average Bonchev–Trinajstić information content (AvgIpc) is 3.13. The minimum atomic E-state index is -1.99. The lowest BCUT2D eigenvalue weighted by molar-refractivity contribution is -0.169. The number of hydrogen-bond acceptors (Lipinski definition) is 9. The second-order valence-electron chi connectivity index (χ2n) is 6.20. The monoisotopic (exact) mass is 368 g/mol. The van der Waals surface area contributed by atoms with E-state index in [0.29, 0.717) is 17.1 Å². The summed E-state index contributed by atoms with van der Waals surface area (Å²) in [6.07, 6.45) is -4.70. The first-order valence-corrected chi connectivity index (χ1v) is 8.00. The molecule has 0 radical (unpaired) electrons. The smallest absolute Gasteiger partial charge is 0.354 e. The van der Waals surface area contributed by atoms with Crippen molar-refractivity contribution < 1.29 is 43.9 Å². The van der Waals surface area contributed by atoms with Crippen molar-refractivity contribution in [1.29, 1.82) is 0 Å². The third kappa shape index (κ3) is 2.59. The van der Waals surface area contributed by atoms with Gasteiger partial charge in [0.15, 0.2) is 17.6 Å². The molecule has 2 aliphatic heterocycles. The Morgan fingerprint density at radius 1 is 1.27 bits per heavy atom. The van der Waals surface area contributed by atoms with Crippen molar-refractivity contribution >= 4 is 11.9 Å². The normalized spacial score (nSPS) is 31.7. The van der Waals surface area contributed by atoms with Crippen molar-refractivity contribution in [3.63, 3.8) is 0 Å². The van der Waals surface area contributed by atoms with Crippen molar-refractivity contribution in [1.82, 2.24) is 0 Å². The Balaban J connectivity index is 2.04. The van der Waals surface area contributed by atoms with E-state index >= 15 is 0 Å². The molecule has 1 unspecified atom stereocenters. The highest BCUT2D eigenvalue weighted by Crippen LogP contribution is 2.49. The van der Waals surface area contributed by atoms with Crippen LogP contribution in [0.4, 0.5) is 0 Å².